The number of amidine groups is 1. The maximum atomic E-state index is 14.6. The molecule has 9 nitrogen and oxygen atoms in total. The second kappa shape index (κ2) is 13.9. The van der Waals surface area contributed by atoms with Gasteiger partial charge in [-0.1, -0.05) is 6.07 Å². The number of aliphatic imine (C=N–C) groups is 1. The average molecular weight is 653 g/mol. The van der Waals surface area contributed by atoms with Gasteiger partial charge in [0.25, 0.3) is 17.9 Å². The number of likely N-dealkylation sites (tertiary alicyclic amines) is 1. The molecule has 13 heteroatoms. The molecule has 2 saturated heterocycles. The SMILES string of the molecule is Cc1cc(C(=O)N2CCC(CO)CC2F)ccc1CCS(=O)(=O)N1CCC2(CC1)N=C(C1CCC(CC=C(F)F)CC1)NC2=O. The van der Waals surface area contributed by atoms with Gasteiger partial charge in [-0.2, -0.15) is 8.78 Å². The largest absolute Gasteiger partial charge is 0.396 e. The van der Waals surface area contributed by atoms with Crippen LogP contribution in [0.15, 0.2) is 35.3 Å². The highest BCUT2D eigenvalue weighted by molar-refractivity contribution is 7.89. The molecule has 5 rings (SSSR count). The number of nitrogens with one attached hydrogen (secondary N) is 1. The van der Waals surface area contributed by atoms with Crippen molar-refractivity contribution in [1.29, 1.82) is 0 Å². The summed E-state index contributed by atoms with van der Waals surface area (Å²) in [4.78, 5) is 32.0. The first kappa shape index (κ1) is 33.6. The number of nitrogens with zero attached hydrogens (tertiary/aromatic N) is 3. The molecule has 1 aliphatic carbocycles. The number of hydrogen-bond donors (Lipinski definition) is 2. The van der Waals surface area contributed by atoms with E-state index in [0.29, 0.717) is 37.1 Å². The number of carbonyl (C=O) groups is 2. The highest BCUT2D eigenvalue weighted by Crippen LogP contribution is 2.37. The molecule has 4 aliphatic rings. The van der Waals surface area contributed by atoms with Gasteiger partial charge in [0.1, 0.15) is 11.4 Å². The molecule has 2 unspecified atom stereocenters. The zero-order valence-corrected chi connectivity index (χ0v) is 26.5. The van der Waals surface area contributed by atoms with Gasteiger partial charge in [0.05, 0.1) is 5.75 Å². The van der Waals surface area contributed by atoms with Crippen LogP contribution < -0.4 is 5.32 Å². The van der Waals surface area contributed by atoms with E-state index >= 15 is 0 Å². The van der Waals surface area contributed by atoms with E-state index < -0.39 is 33.8 Å². The number of aliphatic hydroxyl groups is 1. The normalized spacial score (nSPS) is 27.3. The first-order valence-corrected chi connectivity index (χ1v) is 17.6. The molecule has 1 aromatic rings. The summed E-state index contributed by atoms with van der Waals surface area (Å²) in [5.41, 5.74) is 0.907. The molecule has 3 heterocycles. The van der Waals surface area contributed by atoms with Crippen LogP contribution in [0.4, 0.5) is 13.2 Å². The summed E-state index contributed by atoms with van der Waals surface area (Å²) in [5.74, 6) is 0.0487. The lowest BCUT2D eigenvalue weighted by Gasteiger charge is -2.35. The zero-order chi connectivity index (χ0) is 32.4. The van der Waals surface area contributed by atoms with Crippen molar-refractivity contribution >= 4 is 27.7 Å². The van der Waals surface area contributed by atoms with Crippen LogP contribution >= 0.6 is 0 Å². The van der Waals surface area contributed by atoms with Crippen LogP contribution in [-0.2, 0) is 21.2 Å². The summed E-state index contributed by atoms with van der Waals surface area (Å²) >= 11 is 0. The smallest absolute Gasteiger partial charge is 0.266 e. The standard InChI is InChI=1S/C32H43F3N4O5S/c1-21-18-26(30(41)39-14-10-23(20-40)19-28(39)35)8-7-24(21)11-17-45(43,44)38-15-12-32(13-16-38)31(42)36-29(37-32)25-5-2-22(3-6-25)4-9-27(33)34/h7-9,18,22-23,25,28,40H,2-6,10-17,19-20H2,1H3,(H,36,37,42). The predicted molar refractivity (Wildman–Crippen MR) is 164 cm³/mol. The van der Waals surface area contributed by atoms with E-state index in [2.05, 4.69) is 5.32 Å². The van der Waals surface area contributed by atoms with Crippen molar-refractivity contribution in [2.75, 3.05) is 32.0 Å². The van der Waals surface area contributed by atoms with Gasteiger partial charge < -0.3 is 15.3 Å². The number of rotatable bonds is 9. The Balaban J connectivity index is 1.13. The third-order valence-electron chi connectivity index (χ3n) is 10.2. The second-order valence-electron chi connectivity index (χ2n) is 13.0. The maximum absolute atomic E-state index is 14.6. The van der Waals surface area contributed by atoms with E-state index in [1.54, 1.807) is 25.1 Å². The van der Waals surface area contributed by atoms with Crippen molar-refractivity contribution < 1.29 is 36.3 Å². The fourth-order valence-corrected chi connectivity index (χ4v) is 8.63. The number of allylic oxidation sites excluding steroid dienone is 1. The fourth-order valence-electron chi connectivity index (χ4n) is 7.16. The second-order valence-corrected chi connectivity index (χ2v) is 15.1. The van der Waals surface area contributed by atoms with Crippen molar-refractivity contribution in [3.8, 4) is 0 Å². The van der Waals surface area contributed by atoms with E-state index in [1.807, 2.05) is 0 Å². The summed E-state index contributed by atoms with van der Waals surface area (Å²) in [6.07, 6.45) is 2.86. The molecule has 2 N–H and O–H groups in total. The lowest BCUT2D eigenvalue weighted by atomic mass is 9.80. The molecular weight excluding hydrogens is 609 g/mol. The number of aryl methyl sites for hydroxylation is 2. The Bertz CT molecular complexity index is 1430. The minimum Gasteiger partial charge on any atom is -0.396 e. The number of piperidine rings is 2. The minimum absolute atomic E-state index is 0.0762. The Hall–Kier alpha value is -2.77. The van der Waals surface area contributed by atoms with Gasteiger partial charge in [-0.3, -0.25) is 14.6 Å². The van der Waals surface area contributed by atoms with E-state index in [4.69, 9.17) is 4.99 Å². The lowest BCUT2D eigenvalue weighted by molar-refractivity contribution is -0.125. The van der Waals surface area contributed by atoms with Crippen LogP contribution in [0.2, 0.25) is 0 Å². The average Bonchev–Trinajstić information content (AvgIpc) is 3.34. The molecule has 1 aromatic carbocycles. The Morgan fingerprint density at radius 3 is 2.44 bits per heavy atom. The van der Waals surface area contributed by atoms with E-state index in [9.17, 15) is 36.3 Å². The molecule has 3 aliphatic heterocycles. The van der Waals surface area contributed by atoms with Gasteiger partial charge in [-0.15, -0.1) is 0 Å². The van der Waals surface area contributed by atoms with Crippen molar-refractivity contribution in [1.82, 2.24) is 14.5 Å². The summed E-state index contributed by atoms with van der Waals surface area (Å²) in [7, 11) is -3.62. The number of halogens is 3. The molecule has 2 atom stereocenters. The first-order valence-electron chi connectivity index (χ1n) is 16.0. The zero-order valence-electron chi connectivity index (χ0n) is 25.7. The summed E-state index contributed by atoms with van der Waals surface area (Å²) < 4.78 is 67.4. The third-order valence-corrected chi connectivity index (χ3v) is 12.0. The number of amides is 2. The van der Waals surface area contributed by atoms with Crippen LogP contribution in [-0.4, -0.2) is 84.2 Å². The van der Waals surface area contributed by atoms with E-state index in [-0.39, 0.29) is 68.5 Å². The van der Waals surface area contributed by atoms with E-state index in [1.165, 1.54) is 9.21 Å². The summed E-state index contributed by atoms with van der Waals surface area (Å²) in [5, 5.41) is 12.2. The third kappa shape index (κ3) is 7.62. The van der Waals surface area contributed by atoms with Crippen molar-refractivity contribution in [3.05, 3.63) is 47.0 Å². The van der Waals surface area contributed by atoms with Crippen LogP contribution in [0.3, 0.4) is 0 Å². The topological polar surface area (TPSA) is 119 Å². The van der Waals surface area contributed by atoms with Gasteiger partial charge in [-0.25, -0.2) is 17.1 Å². The number of hydrogen-bond acceptors (Lipinski definition) is 6. The Morgan fingerprint density at radius 1 is 1.11 bits per heavy atom. The highest BCUT2D eigenvalue weighted by Gasteiger charge is 2.48. The number of carbonyl (C=O) groups excluding carboxylic acids is 2. The number of alkyl halides is 1. The minimum atomic E-state index is -3.62. The van der Waals surface area contributed by atoms with Crippen molar-refractivity contribution in [2.24, 2.45) is 22.7 Å². The quantitative estimate of drug-likeness (QED) is 0.385. The molecular formula is C32H43F3N4O5S. The molecule has 0 aromatic heterocycles. The Morgan fingerprint density at radius 2 is 1.82 bits per heavy atom. The van der Waals surface area contributed by atoms with Crippen LogP contribution in [0.5, 0.6) is 0 Å². The highest BCUT2D eigenvalue weighted by atomic mass is 32.2. The first-order chi connectivity index (χ1) is 21.4. The van der Waals surface area contributed by atoms with Gasteiger partial charge in [0.15, 0.2) is 6.30 Å². The Kier molecular flexibility index (Phi) is 10.4. The molecule has 1 spiro atoms. The van der Waals surface area contributed by atoms with Gasteiger partial charge >= 0.3 is 0 Å². The summed E-state index contributed by atoms with van der Waals surface area (Å²) in [6, 6.07) is 5.00. The van der Waals surface area contributed by atoms with Crippen molar-refractivity contribution in [2.45, 2.75) is 83.0 Å². The summed E-state index contributed by atoms with van der Waals surface area (Å²) in [6.45, 7) is 2.31. The molecule has 0 bridgehead atoms. The van der Waals surface area contributed by atoms with Crippen LogP contribution in [0.25, 0.3) is 0 Å². The molecule has 3 fully saturated rings. The fraction of sp³-hybridized carbons (Fsp3) is 0.656. The molecule has 0 radical (unpaired) electrons. The number of sulfonamides is 1. The van der Waals surface area contributed by atoms with Gasteiger partial charge in [-0.05, 0) is 106 Å². The monoisotopic (exact) mass is 652 g/mol. The molecule has 2 amide bonds. The maximum Gasteiger partial charge on any atom is 0.266 e. The lowest BCUT2D eigenvalue weighted by Crippen LogP contribution is -2.51. The van der Waals surface area contributed by atoms with Gasteiger partial charge in [0, 0.05) is 44.1 Å². The number of benzene rings is 1. The molecule has 45 heavy (non-hydrogen) atoms. The van der Waals surface area contributed by atoms with Crippen LogP contribution in [0.1, 0.15) is 79.3 Å². The Labute approximate surface area is 263 Å². The van der Waals surface area contributed by atoms with Gasteiger partial charge in [0.2, 0.25) is 10.0 Å². The molecule has 1 saturated carbocycles. The van der Waals surface area contributed by atoms with Crippen molar-refractivity contribution in [3.63, 3.8) is 0 Å². The van der Waals surface area contributed by atoms with E-state index in [0.717, 1.165) is 42.9 Å². The number of aliphatic hydroxyl groups excluding tert-OH is 1. The van der Waals surface area contributed by atoms with Crippen LogP contribution in [0, 0.1) is 24.7 Å². The molecule has 248 valence electrons. The predicted octanol–water partition coefficient (Wildman–Crippen LogP) is 4.35.